The zero-order valence-corrected chi connectivity index (χ0v) is 16.0. The Morgan fingerprint density at radius 3 is 2.68 bits per heavy atom. The number of nitrogens with one attached hydrogen (secondary N) is 3. The molecule has 2 aromatic heterocycles. The molecule has 0 bridgehead atoms. The molecule has 0 saturated heterocycles. The molecule has 3 N–H and O–H groups in total. The van der Waals surface area contributed by atoms with Gasteiger partial charge < -0.3 is 4.98 Å². The topological polar surface area (TPSA) is 86.9 Å². The highest BCUT2D eigenvalue weighted by molar-refractivity contribution is 7.13. The maximum atomic E-state index is 12.3. The van der Waals surface area contributed by atoms with Crippen molar-refractivity contribution in [3.05, 3.63) is 76.9 Å². The van der Waals surface area contributed by atoms with E-state index in [2.05, 4.69) is 20.8 Å². The molecule has 0 fully saturated rings. The minimum atomic E-state index is -0.371. The standard InChI is InChI=1S/C21H18N4O2S/c1-13-6-8-14(9-7-13)21-23-15(12-28-21)10-19(26)24-25-20(27)17-11-22-18-5-3-2-4-16(17)18/h2-9,11-12,22H,10H2,1H3,(H,24,26)(H,25,27). The van der Waals surface area contributed by atoms with Gasteiger partial charge in [-0.25, -0.2) is 4.98 Å². The van der Waals surface area contributed by atoms with Crippen molar-refractivity contribution in [3.8, 4) is 10.6 Å². The summed E-state index contributed by atoms with van der Waals surface area (Å²) in [6.45, 7) is 2.03. The van der Waals surface area contributed by atoms with Gasteiger partial charge in [0.25, 0.3) is 5.91 Å². The predicted molar refractivity (Wildman–Crippen MR) is 110 cm³/mol. The highest BCUT2D eigenvalue weighted by Gasteiger charge is 2.13. The fourth-order valence-electron chi connectivity index (χ4n) is 2.88. The molecule has 2 amide bonds. The predicted octanol–water partition coefficient (Wildman–Crippen LogP) is 3.60. The summed E-state index contributed by atoms with van der Waals surface area (Å²) in [6, 6.07) is 15.6. The number of benzene rings is 2. The van der Waals surface area contributed by atoms with Gasteiger partial charge in [-0.05, 0) is 13.0 Å². The molecule has 0 saturated carbocycles. The fourth-order valence-corrected chi connectivity index (χ4v) is 3.70. The number of carbonyl (C=O) groups is 2. The number of amides is 2. The third kappa shape index (κ3) is 3.79. The van der Waals surface area contributed by atoms with Crippen molar-refractivity contribution in [1.29, 1.82) is 0 Å². The van der Waals surface area contributed by atoms with E-state index in [1.807, 2.05) is 60.8 Å². The largest absolute Gasteiger partial charge is 0.360 e. The van der Waals surface area contributed by atoms with Gasteiger partial charge in [0.15, 0.2) is 0 Å². The fraction of sp³-hybridized carbons (Fsp3) is 0.0952. The van der Waals surface area contributed by atoms with Crippen LogP contribution in [0.5, 0.6) is 0 Å². The van der Waals surface area contributed by atoms with E-state index in [-0.39, 0.29) is 18.2 Å². The number of thiazole rings is 1. The smallest absolute Gasteiger partial charge is 0.271 e. The number of hydrogen-bond acceptors (Lipinski definition) is 4. The lowest BCUT2D eigenvalue weighted by molar-refractivity contribution is -0.121. The molecule has 6 nitrogen and oxygen atoms in total. The number of aromatic amines is 1. The molecule has 140 valence electrons. The average Bonchev–Trinajstić information content (AvgIpc) is 3.34. The Labute approximate surface area is 165 Å². The lowest BCUT2D eigenvalue weighted by Gasteiger charge is -2.06. The van der Waals surface area contributed by atoms with Gasteiger partial charge in [-0.2, -0.15) is 0 Å². The summed E-state index contributed by atoms with van der Waals surface area (Å²) in [5, 5.41) is 3.53. The first-order valence-corrected chi connectivity index (χ1v) is 9.65. The van der Waals surface area contributed by atoms with Gasteiger partial charge in [-0.1, -0.05) is 48.0 Å². The average molecular weight is 390 g/mol. The minimum Gasteiger partial charge on any atom is -0.360 e. The Morgan fingerprint density at radius 1 is 1.07 bits per heavy atom. The molecule has 0 radical (unpaired) electrons. The van der Waals surface area contributed by atoms with Crippen LogP contribution in [0.1, 0.15) is 21.6 Å². The number of aryl methyl sites for hydroxylation is 1. The van der Waals surface area contributed by atoms with Crippen molar-refractivity contribution in [3.63, 3.8) is 0 Å². The molecule has 4 rings (SSSR count). The Kier molecular flexibility index (Phi) is 4.90. The first kappa shape index (κ1) is 17.9. The second-order valence-corrected chi connectivity index (χ2v) is 7.30. The zero-order valence-electron chi connectivity index (χ0n) is 15.2. The summed E-state index contributed by atoms with van der Waals surface area (Å²) < 4.78 is 0. The van der Waals surface area contributed by atoms with Crippen molar-refractivity contribution >= 4 is 34.1 Å². The number of aromatic nitrogens is 2. The number of hydrogen-bond donors (Lipinski definition) is 3. The van der Waals surface area contributed by atoms with Crippen molar-refractivity contribution in [2.75, 3.05) is 0 Å². The number of hydrazine groups is 1. The summed E-state index contributed by atoms with van der Waals surface area (Å²) in [7, 11) is 0. The number of H-pyrrole nitrogens is 1. The first-order chi connectivity index (χ1) is 13.6. The van der Waals surface area contributed by atoms with Crippen molar-refractivity contribution in [1.82, 2.24) is 20.8 Å². The molecule has 2 aromatic carbocycles. The van der Waals surface area contributed by atoms with Crippen molar-refractivity contribution in [2.45, 2.75) is 13.3 Å². The van der Waals surface area contributed by atoms with E-state index in [4.69, 9.17) is 0 Å². The molecule has 0 atom stereocenters. The molecule has 0 aliphatic carbocycles. The van der Waals surface area contributed by atoms with E-state index in [0.717, 1.165) is 21.5 Å². The van der Waals surface area contributed by atoms with Crippen LogP contribution in [-0.2, 0) is 11.2 Å². The number of fused-ring (bicyclic) bond motifs is 1. The van der Waals surface area contributed by atoms with E-state index in [9.17, 15) is 9.59 Å². The normalized spacial score (nSPS) is 10.8. The SMILES string of the molecule is Cc1ccc(-c2nc(CC(=O)NNC(=O)c3c[nH]c4ccccc34)cs2)cc1. The van der Waals surface area contributed by atoms with Crippen LogP contribution in [0.3, 0.4) is 0 Å². The maximum Gasteiger partial charge on any atom is 0.271 e. The van der Waals surface area contributed by atoms with Gasteiger partial charge in [-0.3, -0.25) is 20.4 Å². The third-order valence-corrected chi connectivity index (χ3v) is 5.28. The lowest BCUT2D eigenvalue weighted by Crippen LogP contribution is -2.42. The molecular weight excluding hydrogens is 372 g/mol. The first-order valence-electron chi connectivity index (χ1n) is 8.77. The van der Waals surface area contributed by atoms with Crippen LogP contribution < -0.4 is 10.9 Å². The van der Waals surface area contributed by atoms with Gasteiger partial charge in [0.05, 0.1) is 17.7 Å². The minimum absolute atomic E-state index is 0.0938. The number of nitrogens with zero attached hydrogens (tertiary/aromatic N) is 1. The summed E-state index contributed by atoms with van der Waals surface area (Å²) >= 11 is 1.49. The summed E-state index contributed by atoms with van der Waals surface area (Å²) in [5.74, 6) is -0.696. The molecule has 0 aliphatic heterocycles. The Bertz CT molecular complexity index is 1140. The van der Waals surface area contributed by atoms with Crippen LogP contribution in [0, 0.1) is 6.92 Å². The molecule has 28 heavy (non-hydrogen) atoms. The molecule has 0 spiro atoms. The Balaban J connectivity index is 1.36. The molecule has 4 aromatic rings. The van der Waals surface area contributed by atoms with Gasteiger partial charge in [-0.15, -0.1) is 11.3 Å². The van der Waals surface area contributed by atoms with Gasteiger partial charge in [0.1, 0.15) is 5.01 Å². The third-order valence-electron chi connectivity index (χ3n) is 4.34. The van der Waals surface area contributed by atoms with Crippen LogP contribution in [-0.4, -0.2) is 21.8 Å². The number of carbonyl (C=O) groups excluding carboxylic acids is 2. The quantitative estimate of drug-likeness (QED) is 0.465. The van der Waals surface area contributed by atoms with Crippen LogP contribution in [0.4, 0.5) is 0 Å². The van der Waals surface area contributed by atoms with E-state index in [1.165, 1.54) is 16.9 Å². The Hall–Kier alpha value is -3.45. The molecule has 2 heterocycles. The molecule has 0 aliphatic rings. The van der Waals surface area contributed by atoms with Gasteiger partial charge in [0.2, 0.25) is 5.91 Å². The van der Waals surface area contributed by atoms with Crippen molar-refractivity contribution < 1.29 is 9.59 Å². The molecular formula is C21H18N4O2S. The summed E-state index contributed by atoms with van der Waals surface area (Å²) in [5.41, 5.74) is 9.13. The van der Waals surface area contributed by atoms with E-state index >= 15 is 0 Å². The number of rotatable bonds is 4. The van der Waals surface area contributed by atoms with E-state index in [1.54, 1.807) is 6.20 Å². The molecule has 7 heteroatoms. The van der Waals surface area contributed by atoms with Gasteiger partial charge in [0, 0.05) is 28.0 Å². The molecule has 0 unspecified atom stereocenters. The summed E-state index contributed by atoms with van der Waals surface area (Å²) in [4.78, 5) is 32.0. The van der Waals surface area contributed by atoms with Crippen LogP contribution >= 0.6 is 11.3 Å². The number of para-hydroxylation sites is 1. The van der Waals surface area contributed by atoms with Crippen LogP contribution in [0.25, 0.3) is 21.5 Å². The second kappa shape index (κ2) is 7.66. The summed E-state index contributed by atoms with van der Waals surface area (Å²) in [6.07, 6.45) is 1.72. The zero-order chi connectivity index (χ0) is 19.5. The maximum absolute atomic E-state index is 12.3. The van der Waals surface area contributed by atoms with Crippen molar-refractivity contribution in [2.24, 2.45) is 0 Å². The second-order valence-electron chi connectivity index (χ2n) is 6.44. The van der Waals surface area contributed by atoms with Crippen LogP contribution in [0.15, 0.2) is 60.1 Å². The highest BCUT2D eigenvalue weighted by Crippen LogP contribution is 2.24. The van der Waals surface area contributed by atoms with Gasteiger partial charge >= 0.3 is 0 Å². The van der Waals surface area contributed by atoms with Crippen LogP contribution in [0.2, 0.25) is 0 Å². The lowest BCUT2D eigenvalue weighted by atomic mass is 10.2. The van der Waals surface area contributed by atoms with E-state index in [0.29, 0.717) is 11.3 Å². The monoisotopic (exact) mass is 390 g/mol. The highest BCUT2D eigenvalue weighted by atomic mass is 32.1. The van der Waals surface area contributed by atoms with E-state index < -0.39 is 0 Å². The Morgan fingerprint density at radius 2 is 1.86 bits per heavy atom.